The Labute approximate surface area is 164 Å². The fraction of sp³-hybridized carbons (Fsp3) is 0.353. The smallest absolute Gasteiger partial charge is 0.202 e. The van der Waals surface area contributed by atoms with Crippen LogP contribution in [-0.4, -0.2) is 60.2 Å². The minimum Gasteiger partial charge on any atom is -0.387 e. The van der Waals surface area contributed by atoms with E-state index in [0.29, 0.717) is 27.2 Å². The number of hydrogen-bond acceptors (Lipinski definition) is 8. The quantitative estimate of drug-likeness (QED) is 0.378. The van der Waals surface area contributed by atoms with Crippen molar-refractivity contribution in [1.29, 1.82) is 0 Å². The van der Waals surface area contributed by atoms with Crippen LogP contribution in [0.5, 0.6) is 0 Å². The zero-order valence-corrected chi connectivity index (χ0v) is 15.5. The van der Waals surface area contributed by atoms with Gasteiger partial charge in [0.1, 0.15) is 30.1 Å². The van der Waals surface area contributed by atoms with Crippen molar-refractivity contribution in [1.82, 2.24) is 24.9 Å². The fourth-order valence-corrected chi connectivity index (χ4v) is 3.42. The molecule has 5 N–H and O–H groups in total. The first-order valence-corrected chi connectivity index (χ1v) is 8.95. The highest BCUT2D eigenvalue weighted by molar-refractivity contribution is 6.30. The predicted octanol–water partition coefficient (Wildman–Crippen LogP) is -0.199. The number of ether oxygens (including phenoxy) is 1. The number of aromatic amines is 1. The minimum absolute atomic E-state index is 0.362. The molecule has 3 heterocycles. The predicted molar refractivity (Wildman–Crippen MR) is 98.8 cm³/mol. The molecule has 148 valence electrons. The van der Waals surface area contributed by atoms with Crippen molar-refractivity contribution in [2.45, 2.75) is 30.6 Å². The maximum atomic E-state index is 10.6. The summed E-state index contributed by atoms with van der Waals surface area (Å²) in [5.41, 5.74) is 4.49. The molecule has 4 rings (SSSR count). The molecule has 0 spiro atoms. The number of benzene rings is 1. The van der Waals surface area contributed by atoms with Crippen molar-refractivity contribution in [3.63, 3.8) is 0 Å². The van der Waals surface area contributed by atoms with Gasteiger partial charge in [0.15, 0.2) is 11.7 Å². The molecule has 1 aliphatic heterocycles. The van der Waals surface area contributed by atoms with Crippen LogP contribution in [0, 0.1) is 0 Å². The third kappa shape index (κ3) is 3.15. The Morgan fingerprint density at radius 1 is 1.25 bits per heavy atom. The molecule has 1 fully saturated rings. The number of H-pyrrole nitrogens is 1. The van der Waals surface area contributed by atoms with Crippen LogP contribution in [0.3, 0.4) is 0 Å². The molecule has 5 atom stereocenters. The molecule has 1 aliphatic rings. The summed E-state index contributed by atoms with van der Waals surface area (Å²) in [6.07, 6.45) is -2.85. The molecule has 2 aromatic heterocycles. The van der Waals surface area contributed by atoms with Crippen LogP contribution in [0.4, 0.5) is 0 Å². The Morgan fingerprint density at radius 3 is 2.71 bits per heavy atom. The van der Waals surface area contributed by atoms with Gasteiger partial charge < -0.3 is 30.5 Å². The van der Waals surface area contributed by atoms with E-state index in [9.17, 15) is 15.3 Å². The molecule has 0 bridgehead atoms. The van der Waals surface area contributed by atoms with E-state index in [4.69, 9.17) is 16.3 Å². The van der Waals surface area contributed by atoms with Crippen LogP contribution < -0.4 is 10.9 Å². The Hall–Kier alpha value is -2.50. The molecule has 3 aromatic rings. The lowest BCUT2D eigenvalue weighted by molar-refractivity contribution is -0.0849. The summed E-state index contributed by atoms with van der Waals surface area (Å²) in [6, 6.07) is 6.54. The molecule has 0 unspecified atom stereocenters. The van der Waals surface area contributed by atoms with Gasteiger partial charge in [0, 0.05) is 12.1 Å². The largest absolute Gasteiger partial charge is 0.387 e. The zero-order chi connectivity index (χ0) is 19.8. The van der Waals surface area contributed by atoms with Gasteiger partial charge in [-0.25, -0.2) is 9.97 Å². The molecule has 11 heteroatoms. The highest BCUT2D eigenvalue weighted by atomic mass is 35.5. The standard InChI is InChI=1S/C17H19ClN6O4/c1-19-23-15-10-16(21-6-20-15)24(7-22-10)17-13(27)12(26)14(28-17)11(25)8-2-4-9(18)5-3-8/h2-7,11-14,17,19,25-27H,1H3,(H,20,21,23)/t11-,12+,13-,14-,17-/m1/s1. The van der Waals surface area contributed by atoms with Crippen LogP contribution in [0.1, 0.15) is 17.9 Å². The lowest BCUT2D eigenvalue weighted by atomic mass is 9.99. The molecule has 0 saturated carbocycles. The topological polar surface area (TPSA) is 141 Å². The van der Waals surface area contributed by atoms with Crippen LogP contribution >= 0.6 is 11.6 Å². The first-order valence-electron chi connectivity index (χ1n) is 8.57. The van der Waals surface area contributed by atoms with E-state index >= 15 is 0 Å². The summed E-state index contributed by atoms with van der Waals surface area (Å²) in [7, 11) is 1.64. The summed E-state index contributed by atoms with van der Waals surface area (Å²) in [6.45, 7) is 0. The van der Waals surface area contributed by atoms with Crippen molar-refractivity contribution in [2.24, 2.45) is 5.10 Å². The third-order valence-electron chi connectivity index (χ3n) is 4.68. The average molecular weight is 407 g/mol. The number of hydrogen-bond donors (Lipinski definition) is 5. The van der Waals surface area contributed by atoms with Gasteiger partial charge >= 0.3 is 0 Å². The number of nitrogens with one attached hydrogen (secondary N) is 2. The average Bonchev–Trinajstić information content (AvgIpc) is 3.25. The number of aliphatic hydroxyl groups excluding tert-OH is 3. The van der Waals surface area contributed by atoms with Gasteiger partial charge in [-0.1, -0.05) is 23.7 Å². The van der Waals surface area contributed by atoms with Gasteiger partial charge in [0.25, 0.3) is 0 Å². The second-order valence-electron chi connectivity index (χ2n) is 6.38. The van der Waals surface area contributed by atoms with Gasteiger partial charge in [-0.15, -0.1) is 0 Å². The van der Waals surface area contributed by atoms with Gasteiger partial charge in [-0.2, -0.15) is 5.10 Å². The fourth-order valence-electron chi connectivity index (χ4n) is 3.29. The Bertz CT molecular complexity index is 1040. The second-order valence-corrected chi connectivity index (χ2v) is 6.82. The van der Waals surface area contributed by atoms with Crippen molar-refractivity contribution in [3.05, 3.63) is 53.0 Å². The van der Waals surface area contributed by atoms with Crippen LogP contribution in [-0.2, 0) is 4.74 Å². The SMILES string of the molecule is CN/N=c1/nc[nH]c2c1ncn2[C@@H]1O[C@H]([C@H](O)c2ccc(Cl)cc2)[C@@H](O)[C@H]1O. The lowest BCUT2D eigenvalue weighted by Gasteiger charge is -2.21. The van der Waals surface area contributed by atoms with Crippen molar-refractivity contribution < 1.29 is 20.1 Å². The molecule has 0 radical (unpaired) electrons. The van der Waals surface area contributed by atoms with Gasteiger partial charge in [-0.3, -0.25) is 4.57 Å². The number of imidazole rings is 1. The summed E-state index contributed by atoms with van der Waals surface area (Å²) in [4.78, 5) is 11.3. The molecule has 28 heavy (non-hydrogen) atoms. The van der Waals surface area contributed by atoms with E-state index in [1.165, 1.54) is 17.2 Å². The molecule has 0 aliphatic carbocycles. The van der Waals surface area contributed by atoms with Gasteiger partial charge in [0.05, 0.1) is 12.7 Å². The van der Waals surface area contributed by atoms with E-state index in [1.807, 2.05) is 0 Å². The number of rotatable bonds is 4. The Balaban J connectivity index is 1.67. The molecule has 10 nitrogen and oxygen atoms in total. The number of fused-ring (bicyclic) bond motifs is 1. The molecule has 1 saturated heterocycles. The van der Waals surface area contributed by atoms with Crippen LogP contribution in [0.25, 0.3) is 11.2 Å². The van der Waals surface area contributed by atoms with E-state index in [1.54, 1.807) is 31.3 Å². The Morgan fingerprint density at radius 2 is 2.00 bits per heavy atom. The van der Waals surface area contributed by atoms with Gasteiger partial charge in [-0.05, 0) is 17.7 Å². The van der Waals surface area contributed by atoms with E-state index in [2.05, 4.69) is 25.5 Å². The van der Waals surface area contributed by atoms with Crippen LogP contribution in [0.2, 0.25) is 5.02 Å². The molecule has 1 aromatic carbocycles. The monoisotopic (exact) mass is 406 g/mol. The highest BCUT2D eigenvalue weighted by Crippen LogP contribution is 2.37. The maximum absolute atomic E-state index is 10.6. The first kappa shape index (κ1) is 18.8. The van der Waals surface area contributed by atoms with Crippen molar-refractivity contribution in [3.8, 4) is 0 Å². The molecule has 0 amide bonds. The normalized spacial score (nSPS) is 26.7. The number of aromatic nitrogens is 4. The zero-order valence-electron chi connectivity index (χ0n) is 14.8. The third-order valence-corrected chi connectivity index (χ3v) is 4.94. The van der Waals surface area contributed by atoms with Crippen molar-refractivity contribution in [2.75, 3.05) is 7.05 Å². The number of nitrogens with zero attached hydrogens (tertiary/aromatic N) is 4. The van der Waals surface area contributed by atoms with Crippen molar-refractivity contribution >= 4 is 22.8 Å². The molecular weight excluding hydrogens is 388 g/mol. The number of aliphatic hydroxyl groups is 3. The molecular formula is C17H19ClN6O4. The van der Waals surface area contributed by atoms with Crippen LogP contribution in [0.15, 0.2) is 42.0 Å². The summed E-state index contributed by atoms with van der Waals surface area (Å²) < 4.78 is 7.37. The first-order chi connectivity index (χ1) is 13.5. The van der Waals surface area contributed by atoms with E-state index in [0.717, 1.165) is 0 Å². The second kappa shape index (κ2) is 7.49. The lowest BCUT2D eigenvalue weighted by Crippen LogP contribution is -2.34. The summed E-state index contributed by atoms with van der Waals surface area (Å²) in [5, 5.41) is 36.2. The van der Waals surface area contributed by atoms with Gasteiger partial charge in [0.2, 0.25) is 5.49 Å². The maximum Gasteiger partial charge on any atom is 0.202 e. The Kier molecular flexibility index (Phi) is 5.04. The minimum atomic E-state index is -1.31. The van der Waals surface area contributed by atoms with E-state index in [-0.39, 0.29) is 0 Å². The highest BCUT2D eigenvalue weighted by Gasteiger charge is 2.47. The summed E-state index contributed by atoms with van der Waals surface area (Å²) >= 11 is 5.88. The summed E-state index contributed by atoms with van der Waals surface area (Å²) in [5.74, 6) is 0. The number of halogens is 1. The van der Waals surface area contributed by atoms with E-state index < -0.39 is 30.6 Å².